The van der Waals surface area contributed by atoms with E-state index in [1.165, 1.54) is 24.7 Å². The van der Waals surface area contributed by atoms with Gasteiger partial charge < -0.3 is 25.0 Å². The Hall–Kier alpha value is -4.79. The lowest BCUT2D eigenvalue weighted by Gasteiger charge is -2.12. The van der Waals surface area contributed by atoms with Gasteiger partial charge in [0.25, 0.3) is 5.09 Å². The van der Waals surface area contributed by atoms with Gasteiger partial charge in [0.2, 0.25) is 0 Å². The summed E-state index contributed by atoms with van der Waals surface area (Å²) in [5.41, 5.74) is 2.99. The number of furan rings is 1. The van der Waals surface area contributed by atoms with E-state index in [1.54, 1.807) is 24.3 Å². The number of nitrogens with one attached hydrogen (secondary N) is 2. The molecule has 44 heavy (non-hydrogen) atoms. The fourth-order valence-corrected chi connectivity index (χ4v) is 4.78. The van der Waals surface area contributed by atoms with Gasteiger partial charge in [-0.15, -0.1) is 10.1 Å². The molecule has 0 saturated carbocycles. The first kappa shape index (κ1) is 32.1. The maximum atomic E-state index is 13.4. The van der Waals surface area contributed by atoms with Crippen LogP contribution in [-0.4, -0.2) is 47.2 Å². The van der Waals surface area contributed by atoms with Gasteiger partial charge in [0.1, 0.15) is 51.7 Å². The summed E-state index contributed by atoms with van der Waals surface area (Å²) in [7, 11) is -3.02. The molecule has 0 aliphatic rings. The van der Waals surface area contributed by atoms with Crippen LogP contribution in [0.25, 0.3) is 22.2 Å². The van der Waals surface area contributed by atoms with Gasteiger partial charge in [0.15, 0.2) is 0 Å². The lowest BCUT2D eigenvalue weighted by molar-refractivity contribution is -0.742. The summed E-state index contributed by atoms with van der Waals surface area (Å²) in [6, 6.07) is 21.0. The fourth-order valence-electron chi connectivity index (χ4n) is 4.03. The van der Waals surface area contributed by atoms with E-state index in [4.69, 9.17) is 36.1 Å². The highest BCUT2D eigenvalue weighted by atomic mass is 35.5. The molecule has 0 bridgehead atoms. The van der Waals surface area contributed by atoms with E-state index < -0.39 is 14.9 Å². The van der Waals surface area contributed by atoms with Gasteiger partial charge in [0, 0.05) is 29.4 Å². The first-order valence-corrected chi connectivity index (χ1v) is 15.4. The lowest BCUT2D eigenvalue weighted by atomic mass is 10.1. The Bertz CT molecular complexity index is 1870. The smallest absolute Gasteiger partial charge is 0.291 e. The maximum Gasteiger partial charge on any atom is 0.291 e. The van der Waals surface area contributed by atoms with Crippen LogP contribution in [0, 0.1) is 15.9 Å². The summed E-state index contributed by atoms with van der Waals surface area (Å²) in [5, 5.41) is 21.2. The molecule has 2 aromatic heterocycles. The van der Waals surface area contributed by atoms with E-state index >= 15 is 0 Å². The van der Waals surface area contributed by atoms with Crippen molar-refractivity contribution in [2.24, 2.45) is 0 Å². The van der Waals surface area contributed by atoms with Gasteiger partial charge in [-0.1, -0.05) is 23.7 Å². The number of hydrogen-bond acceptors (Lipinski definition) is 10. The number of benzene rings is 3. The van der Waals surface area contributed by atoms with Crippen LogP contribution in [0.5, 0.6) is 5.75 Å². The Balaban J connectivity index is 0.00000104. The number of hydrogen-bond donors (Lipinski definition) is 3. The second kappa shape index (κ2) is 14.6. The van der Waals surface area contributed by atoms with Crippen LogP contribution in [0.15, 0.2) is 83.5 Å². The van der Waals surface area contributed by atoms with Gasteiger partial charge in [-0.05, 0) is 66.2 Å². The molecular formula is C29H27ClFN5O7S. The summed E-state index contributed by atoms with van der Waals surface area (Å²) in [4.78, 5) is 17.2. The van der Waals surface area contributed by atoms with Crippen molar-refractivity contribution in [2.75, 3.05) is 23.9 Å². The minimum absolute atomic E-state index is 0.0664. The van der Waals surface area contributed by atoms with E-state index in [0.29, 0.717) is 52.5 Å². The maximum absolute atomic E-state index is 13.4. The molecular weight excluding hydrogens is 617 g/mol. The molecule has 3 N–H and O–H groups in total. The Morgan fingerprint density at radius 1 is 1.09 bits per heavy atom. The monoisotopic (exact) mass is 643 g/mol. The minimum atomic E-state index is -3.02. The quantitative estimate of drug-likeness (QED) is 0.0904. The van der Waals surface area contributed by atoms with Crippen LogP contribution in [-0.2, 0) is 23.0 Å². The zero-order chi connectivity index (χ0) is 31.7. The zero-order valence-corrected chi connectivity index (χ0v) is 24.8. The predicted molar refractivity (Wildman–Crippen MR) is 163 cm³/mol. The molecule has 0 atom stereocenters. The highest BCUT2D eigenvalue weighted by molar-refractivity contribution is 7.90. The molecule has 0 radical (unpaired) electrons. The average molecular weight is 644 g/mol. The van der Waals surface area contributed by atoms with E-state index in [2.05, 4.69) is 20.6 Å². The van der Waals surface area contributed by atoms with Crippen LogP contribution in [0.1, 0.15) is 11.3 Å². The highest BCUT2D eigenvalue weighted by Crippen LogP contribution is 2.32. The molecule has 12 nitrogen and oxygen atoms in total. The number of fused-ring (bicyclic) bond motifs is 1. The molecule has 0 saturated heterocycles. The van der Waals surface area contributed by atoms with E-state index in [0.717, 1.165) is 16.5 Å². The lowest BCUT2D eigenvalue weighted by Crippen LogP contribution is -2.21. The van der Waals surface area contributed by atoms with E-state index in [-0.39, 0.29) is 18.2 Å². The number of anilines is 2. The van der Waals surface area contributed by atoms with Crippen molar-refractivity contribution in [3.8, 4) is 17.1 Å². The van der Waals surface area contributed by atoms with Crippen molar-refractivity contribution in [3.05, 3.63) is 111 Å². The van der Waals surface area contributed by atoms with Crippen molar-refractivity contribution in [3.63, 3.8) is 0 Å². The molecule has 0 aliphatic heterocycles. The number of sulfone groups is 1. The molecule has 5 rings (SSSR count). The van der Waals surface area contributed by atoms with Crippen LogP contribution < -0.4 is 15.4 Å². The molecule has 0 spiro atoms. The van der Waals surface area contributed by atoms with Crippen molar-refractivity contribution >= 4 is 43.8 Å². The Morgan fingerprint density at radius 3 is 2.61 bits per heavy atom. The third-order valence-corrected chi connectivity index (χ3v) is 7.25. The first-order valence-electron chi connectivity index (χ1n) is 13.0. The number of rotatable bonds is 11. The number of aromatic nitrogens is 2. The predicted octanol–water partition coefficient (Wildman–Crippen LogP) is 5.79. The van der Waals surface area contributed by atoms with Crippen LogP contribution >= 0.6 is 11.6 Å². The number of nitrogens with zero attached hydrogens (tertiary/aromatic N) is 3. The summed E-state index contributed by atoms with van der Waals surface area (Å²) >= 11 is 6.47. The first-order chi connectivity index (χ1) is 21.0. The third-order valence-electron chi connectivity index (χ3n) is 6.01. The molecule has 3 aromatic carbocycles. The van der Waals surface area contributed by atoms with Crippen LogP contribution in [0.3, 0.4) is 0 Å². The third kappa shape index (κ3) is 9.62. The number of ether oxygens (including phenoxy) is 1. The van der Waals surface area contributed by atoms with E-state index in [9.17, 15) is 12.8 Å². The zero-order valence-electron chi connectivity index (χ0n) is 23.2. The summed E-state index contributed by atoms with van der Waals surface area (Å²) in [6.07, 6.45) is 2.69. The Morgan fingerprint density at radius 2 is 1.89 bits per heavy atom. The van der Waals surface area contributed by atoms with Crippen molar-refractivity contribution in [1.29, 1.82) is 0 Å². The molecule has 0 unspecified atom stereocenters. The largest absolute Gasteiger partial charge is 0.487 e. The van der Waals surface area contributed by atoms with Gasteiger partial charge in [0.05, 0.1) is 22.8 Å². The number of halogens is 2. The normalized spacial score (nSPS) is 11.1. The highest BCUT2D eigenvalue weighted by Gasteiger charge is 2.11. The van der Waals surface area contributed by atoms with Crippen molar-refractivity contribution in [1.82, 2.24) is 15.3 Å². The fraction of sp³-hybridized carbons (Fsp3) is 0.172. The Kier molecular flexibility index (Phi) is 10.7. The second-order valence-corrected chi connectivity index (χ2v) is 12.1. The summed E-state index contributed by atoms with van der Waals surface area (Å²) < 4.78 is 47.8. The van der Waals surface area contributed by atoms with Crippen molar-refractivity contribution < 1.29 is 32.3 Å². The van der Waals surface area contributed by atoms with Gasteiger partial charge in [-0.3, -0.25) is 0 Å². The van der Waals surface area contributed by atoms with Gasteiger partial charge >= 0.3 is 0 Å². The Labute approximate surface area is 256 Å². The second-order valence-electron chi connectivity index (χ2n) is 9.45. The topological polar surface area (TPSA) is 170 Å². The van der Waals surface area contributed by atoms with Gasteiger partial charge in [-0.2, -0.15) is 0 Å². The molecule has 5 aromatic rings. The molecule has 0 amide bonds. The molecule has 230 valence electrons. The summed E-state index contributed by atoms with van der Waals surface area (Å²) in [6.45, 7) is 0.956. The SMILES string of the molecule is CS(=O)(=O)CCNCc1ccc(-c2ccc3ncnc(Nc4ccc(OCc5cccc(F)c5)c(Cl)c4)c3c2)o1.O=[N+]([O-])O. The van der Waals surface area contributed by atoms with E-state index in [1.807, 2.05) is 36.4 Å². The van der Waals surface area contributed by atoms with Gasteiger partial charge in [-0.25, -0.2) is 22.8 Å². The summed E-state index contributed by atoms with van der Waals surface area (Å²) in [5.74, 6) is 2.17. The van der Waals surface area contributed by atoms with Crippen LogP contribution in [0.2, 0.25) is 5.02 Å². The average Bonchev–Trinajstić information content (AvgIpc) is 3.43. The molecule has 15 heteroatoms. The molecule has 0 aliphatic carbocycles. The molecule has 0 fully saturated rings. The van der Waals surface area contributed by atoms with Crippen molar-refractivity contribution in [2.45, 2.75) is 13.2 Å². The minimum Gasteiger partial charge on any atom is -0.487 e. The van der Waals surface area contributed by atoms with Crippen LogP contribution in [0.4, 0.5) is 15.9 Å². The molecule has 2 heterocycles. The standard InChI is InChI=1S/C29H26ClFN4O4S.HNO3/c1-40(36,37)12-11-32-16-23-7-10-27(39-23)20-5-8-26-24(14-20)29(34-18-33-26)35-22-6-9-28(25(30)15-22)38-17-19-3-2-4-21(31)13-19;2-1(3)4/h2-10,13-15,18,32H,11-12,16-17H2,1H3,(H,33,34,35);(H,2,3,4).